The Labute approximate surface area is 62.1 Å². The number of nitrogens with two attached hydrogens (primary N) is 1. The number of hydrogen-bond donors (Lipinski definition) is 2. The number of hydrogen-bond acceptors (Lipinski definition) is 3. The SMILES string of the molecule is Cc1csc(C(N)=O)c1O. The summed E-state index contributed by atoms with van der Waals surface area (Å²) in [6.07, 6.45) is 0. The topological polar surface area (TPSA) is 63.3 Å². The predicted octanol–water partition coefficient (Wildman–Crippen LogP) is 0.861. The van der Waals surface area contributed by atoms with E-state index in [2.05, 4.69) is 0 Å². The van der Waals surface area contributed by atoms with Crippen molar-refractivity contribution in [2.24, 2.45) is 5.73 Å². The first-order chi connectivity index (χ1) is 4.63. The summed E-state index contributed by atoms with van der Waals surface area (Å²) in [5.74, 6) is -0.562. The maximum absolute atomic E-state index is 10.5. The van der Waals surface area contributed by atoms with Crippen LogP contribution in [0, 0.1) is 6.92 Å². The van der Waals surface area contributed by atoms with E-state index in [4.69, 9.17) is 10.8 Å². The lowest BCUT2D eigenvalue weighted by Crippen LogP contribution is -2.08. The number of aromatic hydroxyl groups is 1. The quantitative estimate of drug-likeness (QED) is 0.635. The Balaban J connectivity index is 3.17. The van der Waals surface area contributed by atoms with Gasteiger partial charge >= 0.3 is 0 Å². The van der Waals surface area contributed by atoms with Crippen LogP contribution in [0.1, 0.15) is 15.2 Å². The first-order valence-electron chi connectivity index (χ1n) is 2.69. The van der Waals surface area contributed by atoms with Crippen molar-refractivity contribution in [3.63, 3.8) is 0 Å². The largest absolute Gasteiger partial charge is 0.506 e. The fraction of sp³-hybridized carbons (Fsp3) is 0.167. The van der Waals surface area contributed by atoms with Gasteiger partial charge in [-0.15, -0.1) is 11.3 Å². The van der Waals surface area contributed by atoms with Crippen LogP contribution in [-0.2, 0) is 0 Å². The summed E-state index contributed by atoms with van der Waals surface area (Å²) in [6, 6.07) is 0. The van der Waals surface area contributed by atoms with Crippen LogP contribution in [0.3, 0.4) is 0 Å². The summed E-state index contributed by atoms with van der Waals surface area (Å²) in [5.41, 5.74) is 5.63. The highest BCUT2D eigenvalue weighted by Crippen LogP contribution is 2.27. The highest BCUT2D eigenvalue weighted by molar-refractivity contribution is 7.12. The van der Waals surface area contributed by atoms with Crippen molar-refractivity contribution < 1.29 is 9.90 Å². The highest BCUT2D eigenvalue weighted by Gasteiger charge is 2.10. The molecule has 0 atom stereocenters. The van der Waals surface area contributed by atoms with E-state index in [1.54, 1.807) is 12.3 Å². The third-order valence-electron chi connectivity index (χ3n) is 1.17. The Kier molecular flexibility index (Phi) is 1.63. The number of aryl methyl sites for hydroxylation is 1. The summed E-state index contributed by atoms with van der Waals surface area (Å²) < 4.78 is 0. The zero-order valence-electron chi connectivity index (χ0n) is 5.42. The molecule has 0 aromatic carbocycles. The third kappa shape index (κ3) is 0.974. The number of carbonyl (C=O) groups is 1. The van der Waals surface area contributed by atoms with Crippen LogP contribution >= 0.6 is 11.3 Å². The van der Waals surface area contributed by atoms with Crippen LogP contribution in [0.5, 0.6) is 5.75 Å². The molecule has 0 radical (unpaired) electrons. The summed E-state index contributed by atoms with van der Waals surface area (Å²) in [4.78, 5) is 10.7. The number of primary amides is 1. The molecule has 0 aliphatic rings. The fourth-order valence-electron chi connectivity index (χ4n) is 0.613. The van der Waals surface area contributed by atoms with E-state index in [1.165, 1.54) is 0 Å². The summed E-state index contributed by atoms with van der Waals surface area (Å²) in [7, 11) is 0. The van der Waals surface area contributed by atoms with E-state index >= 15 is 0 Å². The Bertz CT molecular complexity index is 267. The second kappa shape index (κ2) is 2.30. The van der Waals surface area contributed by atoms with E-state index < -0.39 is 5.91 Å². The van der Waals surface area contributed by atoms with E-state index in [1.807, 2.05) is 0 Å². The number of thiophene rings is 1. The minimum atomic E-state index is -0.574. The molecule has 0 spiro atoms. The molecule has 0 unspecified atom stereocenters. The maximum Gasteiger partial charge on any atom is 0.262 e. The standard InChI is InChI=1S/C6H7NO2S/c1-3-2-10-5(4(3)8)6(7)9/h2,8H,1H3,(H2,7,9). The van der Waals surface area contributed by atoms with Crippen molar-refractivity contribution in [1.82, 2.24) is 0 Å². The molecular formula is C6H7NO2S. The first kappa shape index (κ1) is 7.08. The smallest absolute Gasteiger partial charge is 0.262 e. The van der Waals surface area contributed by atoms with E-state index in [-0.39, 0.29) is 10.6 Å². The molecule has 1 amide bonds. The van der Waals surface area contributed by atoms with Crippen LogP contribution in [0.4, 0.5) is 0 Å². The summed E-state index contributed by atoms with van der Waals surface area (Å²) >= 11 is 1.16. The van der Waals surface area contributed by atoms with Crippen molar-refractivity contribution in [3.8, 4) is 5.75 Å². The average molecular weight is 157 g/mol. The fourth-order valence-corrected chi connectivity index (χ4v) is 1.41. The van der Waals surface area contributed by atoms with Crippen molar-refractivity contribution >= 4 is 17.2 Å². The Hall–Kier alpha value is -1.03. The van der Waals surface area contributed by atoms with Crippen LogP contribution < -0.4 is 5.73 Å². The van der Waals surface area contributed by atoms with Gasteiger partial charge in [-0.25, -0.2) is 0 Å². The second-order valence-corrected chi connectivity index (χ2v) is 2.84. The van der Waals surface area contributed by atoms with Crippen LogP contribution in [0.15, 0.2) is 5.38 Å². The van der Waals surface area contributed by atoms with Crippen molar-refractivity contribution in [2.75, 3.05) is 0 Å². The molecule has 0 fully saturated rings. The van der Waals surface area contributed by atoms with Crippen molar-refractivity contribution in [3.05, 3.63) is 15.8 Å². The average Bonchev–Trinajstić information content (AvgIpc) is 2.14. The molecule has 3 nitrogen and oxygen atoms in total. The highest BCUT2D eigenvalue weighted by atomic mass is 32.1. The van der Waals surface area contributed by atoms with Gasteiger partial charge in [0.2, 0.25) is 0 Å². The van der Waals surface area contributed by atoms with E-state index in [0.717, 1.165) is 11.3 Å². The number of rotatable bonds is 1. The van der Waals surface area contributed by atoms with Gasteiger partial charge in [0.1, 0.15) is 10.6 Å². The molecule has 10 heavy (non-hydrogen) atoms. The van der Waals surface area contributed by atoms with Crippen molar-refractivity contribution in [2.45, 2.75) is 6.92 Å². The lowest BCUT2D eigenvalue weighted by Gasteiger charge is -1.90. The second-order valence-electron chi connectivity index (χ2n) is 1.96. The van der Waals surface area contributed by atoms with Gasteiger partial charge in [-0.3, -0.25) is 4.79 Å². The lowest BCUT2D eigenvalue weighted by atomic mass is 10.3. The van der Waals surface area contributed by atoms with Gasteiger partial charge in [0.15, 0.2) is 0 Å². The Morgan fingerprint density at radius 3 is 2.60 bits per heavy atom. The predicted molar refractivity (Wildman–Crippen MR) is 39.2 cm³/mol. The Morgan fingerprint density at radius 2 is 2.40 bits per heavy atom. The van der Waals surface area contributed by atoms with Gasteiger partial charge in [0.25, 0.3) is 5.91 Å². The monoisotopic (exact) mass is 157 g/mol. The number of carbonyl (C=O) groups excluding carboxylic acids is 1. The molecule has 1 rings (SSSR count). The minimum Gasteiger partial charge on any atom is -0.506 e. The zero-order chi connectivity index (χ0) is 7.72. The first-order valence-corrected chi connectivity index (χ1v) is 3.57. The van der Waals surface area contributed by atoms with Gasteiger partial charge in [-0.05, 0) is 12.3 Å². The summed E-state index contributed by atoms with van der Waals surface area (Å²) in [5, 5.41) is 10.8. The summed E-state index contributed by atoms with van der Waals surface area (Å²) in [6.45, 7) is 1.72. The molecule has 0 aliphatic carbocycles. The lowest BCUT2D eigenvalue weighted by molar-refractivity contribution is 0.100. The third-order valence-corrected chi connectivity index (χ3v) is 2.27. The molecule has 1 heterocycles. The molecule has 0 aliphatic heterocycles. The number of amides is 1. The molecule has 0 saturated heterocycles. The molecule has 1 aromatic rings. The minimum absolute atomic E-state index is 0.0116. The molecular weight excluding hydrogens is 150 g/mol. The molecule has 0 saturated carbocycles. The molecule has 0 bridgehead atoms. The van der Waals surface area contributed by atoms with Gasteiger partial charge in [0.05, 0.1) is 0 Å². The van der Waals surface area contributed by atoms with Gasteiger partial charge in [0, 0.05) is 5.56 Å². The zero-order valence-corrected chi connectivity index (χ0v) is 6.23. The molecule has 54 valence electrons. The molecule has 3 N–H and O–H groups in total. The normalized spacial score (nSPS) is 9.70. The van der Waals surface area contributed by atoms with Gasteiger partial charge < -0.3 is 10.8 Å². The Morgan fingerprint density at radius 1 is 1.80 bits per heavy atom. The van der Waals surface area contributed by atoms with Crippen LogP contribution in [-0.4, -0.2) is 11.0 Å². The van der Waals surface area contributed by atoms with Crippen molar-refractivity contribution in [1.29, 1.82) is 0 Å². The van der Waals surface area contributed by atoms with E-state index in [9.17, 15) is 4.79 Å². The van der Waals surface area contributed by atoms with Crippen LogP contribution in [0.2, 0.25) is 0 Å². The van der Waals surface area contributed by atoms with E-state index in [0.29, 0.717) is 5.56 Å². The maximum atomic E-state index is 10.5. The molecule has 1 aromatic heterocycles. The molecule has 4 heteroatoms. The van der Waals surface area contributed by atoms with Gasteiger partial charge in [-0.2, -0.15) is 0 Å². The van der Waals surface area contributed by atoms with Crippen LogP contribution in [0.25, 0.3) is 0 Å². The van der Waals surface area contributed by atoms with Gasteiger partial charge in [-0.1, -0.05) is 0 Å².